The van der Waals surface area contributed by atoms with Crippen LogP contribution in [0.15, 0.2) is 4.99 Å². The summed E-state index contributed by atoms with van der Waals surface area (Å²) in [7, 11) is 0. The monoisotopic (exact) mass is 520 g/mol. The number of likely N-dealkylation sites (tertiary alicyclic amines) is 1. The van der Waals surface area contributed by atoms with E-state index < -0.39 is 0 Å². The highest BCUT2D eigenvalue weighted by Crippen LogP contribution is 2.28. The lowest BCUT2D eigenvalue weighted by atomic mass is 9.84. The highest BCUT2D eigenvalue weighted by atomic mass is 127. The number of hydrogen-bond acceptors (Lipinski definition) is 4. The van der Waals surface area contributed by atoms with Gasteiger partial charge < -0.3 is 20.4 Å². The highest BCUT2D eigenvalue weighted by molar-refractivity contribution is 14.0. The second kappa shape index (κ2) is 13.6. The largest absolute Gasteiger partial charge is 0.357 e. The summed E-state index contributed by atoms with van der Waals surface area (Å²) in [5.41, 5.74) is 0. The normalized spacial score (nSPS) is 22.0. The van der Waals surface area contributed by atoms with Crippen LogP contribution in [-0.2, 0) is 4.79 Å². The molecule has 3 aliphatic rings. The summed E-state index contributed by atoms with van der Waals surface area (Å²) >= 11 is 0. The Labute approximate surface area is 194 Å². The van der Waals surface area contributed by atoms with E-state index in [-0.39, 0.29) is 24.0 Å². The summed E-state index contributed by atoms with van der Waals surface area (Å²) in [6, 6.07) is 0. The SMILES string of the molecule is CCNC(=NCCN1CCN(C(=O)C2CCC2)CC1)NCCN1CCCCC1.I. The summed E-state index contributed by atoms with van der Waals surface area (Å²) in [5, 5.41) is 6.83. The number of amides is 1. The van der Waals surface area contributed by atoms with Gasteiger partial charge in [-0.25, -0.2) is 0 Å². The second-order valence-corrected chi connectivity index (χ2v) is 8.38. The van der Waals surface area contributed by atoms with Crippen molar-refractivity contribution in [2.75, 3.05) is 72.0 Å². The average Bonchev–Trinajstić information content (AvgIpc) is 2.68. The minimum Gasteiger partial charge on any atom is -0.357 e. The number of nitrogens with one attached hydrogen (secondary N) is 2. The van der Waals surface area contributed by atoms with Gasteiger partial charge in [0.05, 0.1) is 6.54 Å². The van der Waals surface area contributed by atoms with Gasteiger partial charge in [-0.3, -0.25) is 14.7 Å². The van der Waals surface area contributed by atoms with Crippen LogP contribution in [0.5, 0.6) is 0 Å². The Bertz CT molecular complexity index is 499. The quantitative estimate of drug-likeness (QED) is 0.289. The number of halogens is 1. The van der Waals surface area contributed by atoms with Crippen LogP contribution in [0.1, 0.15) is 45.4 Å². The Morgan fingerprint density at radius 1 is 0.897 bits per heavy atom. The summed E-state index contributed by atoms with van der Waals surface area (Å²) in [5.74, 6) is 1.66. The molecule has 29 heavy (non-hydrogen) atoms. The van der Waals surface area contributed by atoms with Gasteiger partial charge in [0.1, 0.15) is 0 Å². The number of rotatable bonds is 8. The maximum absolute atomic E-state index is 12.3. The highest BCUT2D eigenvalue weighted by Gasteiger charge is 2.30. The van der Waals surface area contributed by atoms with Crippen molar-refractivity contribution < 1.29 is 4.79 Å². The summed E-state index contributed by atoms with van der Waals surface area (Å²) in [6.07, 6.45) is 7.50. The van der Waals surface area contributed by atoms with E-state index in [0.717, 1.165) is 77.7 Å². The molecular formula is C21H41IN6O. The average molecular weight is 521 g/mol. The Morgan fingerprint density at radius 2 is 1.59 bits per heavy atom. The summed E-state index contributed by atoms with van der Waals surface area (Å²) in [4.78, 5) is 24.2. The predicted octanol–water partition coefficient (Wildman–Crippen LogP) is 1.59. The van der Waals surface area contributed by atoms with Crippen molar-refractivity contribution >= 4 is 35.8 Å². The van der Waals surface area contributed by atoms with Crippen molar-refractivity contribution in [1.82, 2.24) is 25.3 Å². The first-order valence-electron chi connectivity index (χ1n) is 11.5. The van der Waals surface area contributed by atoms with Crippen molar-refractivity contribution in [3.8, 4) is 0 Å². The van der Waals surface area contributed by atoms with Gasteiger partial charge in [-0.05, 0) is 45.7 Å². The molecule has 1 aliphatic carbocycles. The fourth-order valence-corrected chi connectivity index (χ4v) is 4.27. The minimum absolute atomic E-state index is 0. The Balaban J connectivity index is 0.00000300. The van der Waals surface area contributed by atoms with E-state index in [1.54, 1.807) is 0 Å². The molecule has 7 nitrogen and oxygen atoms in total. The smallest absolute Gasteiger partial charge is 0.225 e. The zero-order valence-corrected chi connectivity index (χ0v) is 20.5. The van der Waals surface area contributed by atoms with Crippen LogP contribution in [-0.4, -0.2) is 98.6 Å². The zero-order chi connectivity index (χ0) is 19.6. The number of guanidine groups is 1. The van der Waals surface area contributed by atoms with Gasteiger partial charge in [-0.2, -0.15) is 0 Å². The van der Waals surface area contributed by atoms with E-state index in [2.05, 4.69) is 32.3 Å². The number of hydrogen-bond donors (Lipinski definition) is 2. The molecule has 0 atom stereocenters. The lowest BCUT2D eigenvalue weighted by Gasteiger charge is -2.38. The fourth-order valence-electron chi connectivity index (χ4n) is 4.27. The minimum atomic E-state index is 0. The van der Waals surface area contributed by atoms with Gasteiger partial charge in [-0.15, -0.1) is 24.0 Å². The third-order valence-electron chi connectivity index (χ3n) is 6.34. The molecule has 2 aliphatic heterocycles. The molecule has 0 spiro atoms. The number of carbonyl (C=O) groups excluding carboxylic acids is 1. The molecule has 0 aromatic rings. The van der Waals surface area contributed by atoms with Crippen LogP contribution in [0.4, 0.5) is 0 Å². The van der Waals surface area contributed by atoms with Crippen molar-refractivity contribution in [2.45, 2.75) is 45.4 Å². The van der Waals surface area contributed by atoms with Crippen molar-refractivity contribution in [3.05, 3.63) is 0 Å². The van der Waals surface area contributed by atoms with Gasteiger partial charge in [-0.1, -0.05) is 12.8 Å². The zero-order valence-electron chi connectivity index (χ0n) is 18.2. The van der Waals surface area contributed by atoms with Gasteiger partial charge in [0.2, 0.25) is 5.91 Å². The molecule has 0 unspecified atom stereocenters. The van der Waals surface area contributed by atoms with Crippen molar-refractivity contribution in [1.29, 1.82) is 0 Å². The molecule has 1 saturated carbocycles. The van der Waals surface area contributed by atoms with Gasteiger partial charge in [0, 0.05) is 58.3 Å². The molecule has 0 bridgehead atoms. The molecule has 0 aromatic heterocycles. The molecule has 0 aromatic carbocycles. The van der Waals surface area contributed by atoms with Crippen LogP contribution < -0.4 is 10.6 Å². The maximum atomic E-state index is 12.3. The molecule has 2 heterocycles. The van der Waals surface area contributed by atoms with E-state index in [0.29, 0.717) is 11.8 Å². The number of aliphatic imine (C=N–C) groups is 1. The Morgan fingerprint density at radius 3 is 2.21 bits per heavy atom. The lowest BCUT2D eigenvalue weighted by molar-refractivity contribution is -0.139. The van der Waals surface area contributed by atoms with Crippen LogP contribution in [0.3, 0.4) is 0 Å². The summed E-state index contributed by atoms with van der Waals surface area (Å²) in [6.45, 7) is 13.0. The lowest BCUT2D eigenvalue weighted by Crippen LogP contribution is -2.51. The van der Waals surface area contributed by atoms with Crippen molar-refractivity contribution in [3.63, 3.8) is 0 Å². The van der Waals surface area contributed by atoms with E-state index in [4.69, 9.17) is 4.99 Å². The molecule has 2 N–H and O–H groups in total. The topological polar surface area (TPSA) is 63.2 Å². The molecular weight excluding hydrogens is 479 g/mol. The first-order valence-corrected chi connectivity index (χ1v) is 11.5. The molecule has 1 amide bonds. The number of carbonyl (C=O) groups is 1. The standard InChI is InChI=1S/C21H40N6O.HI/c1-2-22-21(23-9-13-25-11-4-3-5-12-25)24-10-14-26-15-17-27(18-16-26)20(28)19-7-6-8-19;/h19H,2-18H2,1H3,(H2,22,23,24);1H. The third kappa shape index (κ3) is 8.20. The van der Waals surface area contributed by atoms with E-state index in [9.17, 15) is 4.79 Å². The van der Waals surface area contributed by atoms with E-state index in [1.807, 2.05) is 0 Å². The summed E-state index contributed by atoms with van der Waals surface area (Å²) < 4.78 is 0. The number of piperazine rings is 1. The first-order chi connectivity index (χ1) is 13.8. The third-order valence-corrected chi connectivity index (χ3v) is 6.34. The molecule has 0 radical (unpaired) electrons. The predicted molar refractivity (Wildman–Crippen MR) is 130 cm³/mol. The second-order valence-electron chi connectivity index (χ2n) is 8.38. The van der Waals surface area contributed by atoms with E-state index in [1.165, 1.54) is 38.8 Å². The molecule has 8 heteroatoms. The molecule has 168 valence electrons. The first kappa shape index (κ1) is 24.7. The molecule has 2 saturated heterocycles. The molecule has 3 fully saturated rings. The van der Waals surface area contributed by atoms with Crippen LogP contribution in [0.25, 0.3) is 0 Å². The van der Waals surface area contributed by atoms with E-state index >= 15 is 0 Å². The molecule has 3 rings (SSSR count). The number of piperidine rings is 1. The Hall–Kier alpha value is -0.610. The van der Waals surface area contributed by atoms with Crippen LogP contribution in [0.2, 0.25) is 0 Å². The number of nitrogens with zero attached hydrogens (tertiary/aromatic N) is 4. The maximum Gasteiger partial charge on any atom is 0.225 e. The van der Waals surface area contributed by atoms with Crippen LogP contribution in [0, 0.1) is 5.92 Å². The van der Waals surface area contributed by atoms with Gasteiger partial charge >= 0.3 is 0 Å². The fraction of sp³-hybridized carbons (Fsp3) is 0.905. The van der Waals surface area contributed by atoms with Crippen molar-refractivity contribution in [2.24, 2.45) is 10.9 Å². The Kier molecular flexibility index (Phi) is 11.6. The van der Waals surface area contributed by atoms with Gasteiger partial charge in [0.15, 0.2) is 5.96 Å². The van der Waals surface area contributed by atoms with Gasteiger partial charge in [0.25, 0.3) is 0 Å². The van der Waals surface area contributed by atoms with Crippen LogP contribution >= 0.6 is 24.0 Å².